The number of nitrogens with zero attached hydrogens (tertiary/aromatic N) is 1. The van der Waals surface area contributed by atoms with E-state index in [1.54, 1.807) is 12.1 Å². The van der Waals surface area contributed by atoms with Crippen LogP contribution in [0.5, 0.6) is 0 Å². The molecule has 0 saturated heterocycles. The molecule has 0 atom stereocenters. The maximum absolute atomic E-state index is 12.0. The zero-order valence-corrected chi connectivity index (χ0v) is 10.9. The maximum atomic E-state index is 12.0. The maximum Gasteiger partial charge on any atom is 0.335 e. The summed E-state index contributed by atoms with van der Waals surface area (Å²) < 4.78 is 25.4. The van der Waals surface area contributed by atoms with Gasteiger partial charge < -0.3 is 5.11 Å². The summed E-state index contributed by atoms with van der Waals surface area (Å²) in [6.45, 7) is 2.22. The number of hydrogen-bond acceptors (Lipinski definition) is 3. The Labute approximate surface area is 106 Å². The minimum Gasteiger partial charge on any atom is -0.478 e. The number of anilines is 1. The molecule has 6 heteroatoms. The molecule has 1 N–H and O–H groups in total. The van der Waals surface area contributed by atoms with Crippen molar-refractivity contribution in [2.75, 3.05) is 16.6 Å². The van der Waals surface area contributed by atoms with Crippen molar-refractivity contribution in [3.8, 4) is 0 Å². The summed E-state index contributed by atoms with van der Waals surface area (Å²) in [7, 11) is -3.27. The van der Waals surface area contributed by atoms with E-state index in [9.17, 15) is 13.2 Å². The molecule has 1 aromatic carbocycles. The first-order valence-electron chi connectivity index (χ1n) is 5.82. The van der Waals surface area contributed by atoms with E-state index in [0.717, 1.165) is 5.56 Å². The second kappa shape index (κ2) is 4.61. The Morgan fingerprint density at radius 3 is 2.78 bits per heavy atom. The van der Waals surface area contributed by atoms with Gasteiger partial charge in [-0.1, -0.05) is 6.92 Å². The molecule has 1 aliphatic heterocycles. The number of rotatable bonds is 4. The van der Waals surface area contributed by atoms with Gasteiger partial charge in [0, 0.05) is 6.54 Å². The van der Waals surface area contributed by atoms with Crippen LogP contribution < -0.4 is 4.31 Å². The first-order chi connectivity index (χ1) is 8.45. The standard InChI is InChI=1S/C12H15NO4S/c1-2-7-18(16,17)13-6-5-9-8-10(12(14)15)3-4-11(9)13/h3-4,8H,2,5-7H2,1H3,(H,14,15). The second-order valence-electron chi connectivity index (χ2n) is 4.29. The normalized spacial score (nSPS) is 14.6. The molecule has 5 nitrogen and oxygen atoms in total. The molecule has 0 amide bonds. The van der Waals surface area contributed by atoms with E-state index in [2.05, 4.69) is 0 Å². The Hall–Kier alpha value is -1.56. The summed E-state index contributed by atoms with van der Waals surface area (Å²) in [5, 5.41) is 8.89. The number of carboxylic acids is 1. The number of carbonyl (C=O) groups is 1. The zero-order chi connectivity index (χ0) is 13.3. The lowest BCUT2D eigenvalue weighted by Gasteiger charge is -2.19. The van der Waals surface area contributed by atoms with Gasteiger partial charge in [0.1, 0.15) is 0 Å². The Balaban J connectivity index is 2.38. The Kier molecular flexibility index (Phi) is 3.30. The summed E-state index contributed by atoms with van der Waals surface area (Å²) >= 11 is 0. The molecule has 0 fully saturated rings. The van der Waals surface area contributed by atoms with Gasteiger partial charge in [-0.2, -0.15) is 0 Å². The summed E-state index contributed by atoms with van der Waals surface area (Å²) in [5.41, 5.74) is 1.60. The SMILES string of the molecule is CCCS(=O)(=O)N1CCc2cc(C(=O)O)ccc21. The van der Waals surface area contributed by atoms with E-state index in [-0.39, 0.29) is 11.3 Å². The van der Waals surface area contributed by atoms with Gasteiger partial charge in [-0.15, -0.1) is 0 Å². The van der Waals surface area contributed by atoms with Crippen LogP contribution in [-0.4, -0.2) is 31.8 Å². The third-order valence-electron chi connectivity index (χ3n) is 2.98. The molecule has 98 valence electrons. The van der Waals surface area contributed by atoms with Crippen molar-refractivity contribution >= 4 is 21.7 Å². The van der Waals surface area contributed by atoms with Crippen LogP contribution in [0.2, 0.25) is 0 Å². The number of carboxylic acid groups (broad SMARTS) is 1. The highest BCUT2D eigenvalue weighted by Gasteiger charge is 2.29. The minimum atomic E-state index is -3.27. The monoisotopic (exact) mass is 269 g/mol. The van der Waals surface area contributed by atoms with Gasteiger partial charge >= 0.3 is 5.97 Å². The van der Waals surface area contributed by atoms with Crippen LogP contribution in [0, 0.1) is 0 Å². The fourth-order valence-corrected chi connectivity index (χ4v) is 3.75. The van der Waals surface area contributed by atoms with Crippen LogP contribution in [0.1, 0.15) is 29.3 Å². The van der Waals surface area contributed by atoms with Crippen LogP contribution in [0.25, 0.3) is 0 Å². The van der Waals surface area contributed by atoms with Gasteiger partial charge in [0.2, 0.25) is 10.0 Å². The summed E-state index contributed by atoms with van der Waals surface area (Å²) in [6, 6.07) is 4.58. The smallest absolute Gasteiger partial charge is 0.335 e. The minimum absolute atomic E-state index is 0.118. The molecular weight excluding hydrogens is 254 g/mol. The lowest BCUT2D eigenvalue weighted by molar-refractivity contribution is 0.0697. The number of benzene rings is 1. The highest BCUT2D eigenvalue weighted by atomic mass is 32.2. The lowest BCUT2D eigenvalue weighted by atomic mass is 10.1. The molecule has 0 radical (unpaired) electrons. The number of hydrogen-bond donors (Lipinski definition) is 1. The fraction of sp³-hybridized carbons (Fsp3) is 0.417. The zero-order valence-electron chi connectivity index (χ0n) is 10.1. The molecule has 0 bridgehead atoms. The van der Waals surface area contributed by atoms with Crippen molar-refractivity contribution in [2.45, 2.75) is 19.8 Å². The summed E-state index contributed by atoms with van der Waals surface area (Å²) in [6.07, 6.45) is 1.14. The Morgan fingerprint density at radius 2 is 2.17 bits per heavy atom. The van der Waals surface area contributed by atoms with E-state index in [4.69, 9.17) is 5.11 Å². The highest BCUT2D eigenvalue weighted by molar-refractivity contribution is 7.92. The van der Waals surface area contributed by atoms with Crippen molar-refractivity contribution in [3.63, 3.8) is 0 Å². The van der Waals surface area contributed by atoms with Crippen molar-refractivity contribution in [3.05, 3.63) is 29.3 Å². The molecule has 1 aliphatic rings. The lowest BCUT2D eigenvalue weighted by Crippen LogP contribution is -2.31. The Morgan fingerprint density at radius 1 is 1.44 bits per heavy atom. The topological polar surface area (TPSA) is 74.7 Å². The molecule has 0 unspecified atom stereocenters. The van der Waals surface area contributed by atoms with Gasteiger partial charge in [-0.3, -0.25) is 4.31 Å². The van der Waals surface area contributed by atoms with E-state index in [1.807, 2.05) is 6.92 Å². The average Bonchev–Trinajstić information content (AvgIpc) is 2.71. The van der Waals surface area contributed by atoms with Crippen molar-refractivity contribution < 1.29 is 18.3 Å². The van der Waals surface area contributed by atoms with Crippen molar-refractivity contribution in [1.29, 1.82) is 0 Å². The highest BCUT2D eigenvalue weighted by Crippen LogP contribution is 2.31. The van der Waals surface area contributed by atoms with E-state index in [0.29, 0.717) is 25.1 Å². The van der Waals surface area contributed by atoms with Crippen LogP contribution >= 0.6 is 0 Å². The van der Waals surface area contributed by atoms with Crippen molar-refractivity contribution in [2.24, 2.45) is 0 Å². The predicted molar refractivity (Wildman–Crippen MR) is 68.5 cm³/mol. The third-order valence-corrected chi connectivity index (χ3v) is 4.95. The van der Waals surface area contributed by atoms with Crippen LogP contribution in [0.3, 0.4) is 0 Å². The predicted octanol–water partition coefficient (Wildman–Crippen LogP) is 1.49. The average molecular weight is 269 g/mol. The van der Waals surface area contributed by atoms with E-state index < -0.39 is 16.0 Å². The molecule has 0 saturated carbocycles. The molecule has 2 rings (SSSR count). The van der Waals surface area contributed by atoms with E-state index in [1.165, 1.54) is 10.4 Å². The molecule has 0 aliphatic carbocycles. The number of aromatic carboxylic acids is 1. The van der Waals surface area contributed by atoms with Crippen LogP contribution in [0.4, 0.5) is 5.69 Å². The first kappa shape index (κ1) is 12.9. The molecule has 0 aromatic heterocycles. The van der Waals surface area contributed by atoms with Gasteiger partial charge in [0.15, 0.2) is 0 Å². The van der Waals surface area contributed by atoms with Crippen LogP contribution in [0.15, 0.2) is 18.2 Å². The van der Waals surface area contributed by atoms with E-state index >= 15 is 0 Å². The molecule has 0 spiro atoms. The van der Waals surface area contributed by atoms with Gasteiger partial charge in [0.25, 0.3) is 0 Å². The first-order valence-corrected chi connectivity index (χ1v) is 7.43. The fourth-order valence-electron chi connectivity index (χ4n) is 2.16. The van der Waals surface area contributed by atoms with Gasteiger partial charge in [-0.25, -0.2) is 13.2 Å². The third kappa shape index (κ3) is 2.20. The molecule has 18 heavy (non-hydrogen) atoms. The molecule has 1 aromatic rings. The number of sulfonamides is 1. The Bertz CT molecular complexity index is 580. The summed E-state index contributed by atoms with van der Waals surface area (Å²) in [4.78, 5) is 10.8. The van der Waals surface area contributed by atoms with Crippen molar-refractivity contribution in [1.82, 2.24) is 0 Å². The van der Waals surface area contributed by atoms with Crippen LogP contribution in [-0.2, 0) is 16.4 Å². The van der Waals surface area contributed by atoms with Gasteiger partial charge in [-0.05, 0) is 36.6 Å². The largest absolute Gasteiger partial charge is 0.478 e. The molecular formula is C12H15NO4S. The quantitative estimate of drug-likeness (QED) is 0.898. The summed E-state index contributed by atoms with van der Waals surface area (Å²) in [5.74, 6) is -0.875. The second-order valence-corrected chi connectivity index (χ2v) is 6.30. The molecule has 1 heterocycles. The number of fused-ring (bicyclic) bond motifs is 1. The van der Waals surface area contributed by atoms with Gasteiger partial charge in [0.05, 0.1) is 17.0 Å².